The Morgan fingerprint density at radius 3 is 2.58 bits per heavy atom. The molecule has 1 aromatic heterocycles. The molecule has 0 aliphatic rings. The van der Waals surface area contributed by atoms with Crippen LogP contribution < -0.4 is 10.6 Å². The second kappa shape index (κ2) is 8.38. The summed E-state index contributed by atoms with van der Waals surface area (Å²) in [5.41, 5.74) is 3.24. The van der Waals surface area contributed by atoms with Gasteiger partial charge in [-0.15, -0.1) is 5.10 Å². The lowest BCUT2D eigenvalue weighted by molar-refractivity contribution is 0.627. The number of para-hydroxylation sites is 1. The standard InChI is InChI=1S/C20H22FN5/c1-14(2)17-5-3-4-6-18(17)24-20-25-19(13-23-26-20)22-12-11-15-7-9-16(21)10-8-15/h3-10,13-14H,11-12H2,1-2H3,(H2,22,24,25,26). The fraction of sp³-hybridized carbons (Fsp3) is 0.250. The third-order valence-corrected chi connectivity index (χ3v) is 4.02. The minimum atomic E-state index is -0.223. The number of benzene rings is 2. The molecule has 0 bridgehead atoms. The molecule has 0 aliphatic heterocycles. The summed E-state index contributed by atoms with van der Waals surface area (Å²) in [7, 11) is 0. The molecule has 26 heavy (non-hydrogen) atoms. The fourth-order valence-electron chi connectivity index (χ4n) is 2.66. The maximum atomic E-state index is 12.9. The normalized spacial score (nSPS) is 10.8. The zero-order chi connectivity index (χ0) is 18.4. The minimum Gasteiger partial charge on any atom is -0.368 e. The number of anilines is 3. The highest BCUT2D eigenvalue weighted by atomic mass is 19.1. The monoisotopic (exact) mass is 351 g/mol. The van der Waals surface area contributed by atoms with Gasteiger partial charge in [-0.05, 0) is 41.7 Å². The zero-order valence-corrected chi connectivity index (χ0v) is 14.9. The number of nitrogens with zero attached hydrogens (tertiary/aromatic N) is 3. The molecule has 0 aliphatic carbocycles. The second-order valence-electron chi connectivity index (χ2n) is 6.34. The maximum absolute atomic E-state index is 12.9. The van der Waals surface area contributed by atoms with Gasteiger partial charge in [0.15, 0.2) is 5.82 Å². The third-order valence-electron chi connectivity index (χ3n) is 4.02. The van der Waals surface area contributed by atoms with Gasteiger partial charge in [0.1, 0.15) is 5.82 Å². The van der Waals surface area contributed by atoms with Gasteiger partial charge in [0, 0.05) is 12.2 Å². The predicted molar refractivity (Wildman–Crippen MR) is 102 cm³/mol. The summed E-state index contributed by atoms with van der Waals surface area (Å²) in [5.74, 6) is 1.26. The molecule has 3 aromatic rings. The lowest BCUT2D eigenvalue weighted by atomic mass is 10.0. The van der Waals surface area contributed by atoms with Crippen LogP contribution >= 0.6 is 0 Å². The largest absolute Gasteiger partial charge is 0.368 e. The number of nitrogens with one attached hydrogen (secondary N) is 2. The first-order valence-corrected chi connectivity index (χ1v) is 8.66. The molecule has 0 saturated heterocycles. The predicted octanol–water partition coefficient (Wildman–Crippen LogP) is 4.53. The smallest absolute Gasteiger partial charge is 0.249 e. The Bertz CT molecular complexity index is 849. The van der Waals surface area contributed by atoms with Crippen molar-refractivity contribution in [3.63, 3.8) is 0 Å². The molecule has 2 N–H and O–H groups in total. The molecule has 6 heteroatoms. The van der Waals surface area contributed by atoms with Crippen LogP contribution in [0.2, 0.25) is 0 Å². The van der Waals surface area contributed by atoms with Gasteiger partial charge in [0.05, 0.1) is 6.20 Å². The SMILES string of the molecule is CC(C)c1ccccc1Nc1nncc(NCCc2ccc(F)cc2)n1. The van der Waals surface area contributed by atoms with E-state index in [9.17, 15) is 4.39 Å². The molecular formula is C20H22FN5. The molecule has 0 radical (unpaired) electrons. The van der Waals surface area contributed by atoms with Gasteiger partial charge in [0.25, 0.3) is 0 Å². The minimum absolute atomic E-state index is 0.223. The number of halogens is 1. The molecule has 134 valence electrons. The first kappa shape index (κ1) is 17.8. The average molecular weight is 351 g/mol. The van der Waals surface area contributed by atoms with Crippen molar-refractivity contribution in [3.8, 4) is 0 Å². The van der Waals surface area contributed by atoms with Gasteiger partial charge in [-0.25, -0.2) is 4.39 Å². The van der Waals surface area contributed by atoms with E-state index in [4.69, 9.17) is 0 Å². The Balaban J connectivity index is 1.62. The van der Waals surface area contributed by atoms with E-state index in [0.717, 1.165) is 17.7 Å². The highest BCUT2D eigenvalue weighted by Gasteiger charge is 2.08. The van der Waals surface area contributed by atoms with Crippen molar-refractivity contribution in [2.45, 2.75) is 26.2 Å². The van der Waals surface area contributed by atoms with Crippen LogP contribution in [0.15, 0.2) is 54.7 Å². The van der Waals surface area contributed by atoms with Gasteiger partial charge >= 0.3 is 0 Å². The lowest BCUT2D eigenvalue weighted by Gasteiger charge is -2.13. The van der Waals surface area contributed by atoms with E-state index in [1.54, 1.807) is 18.3 Å². The van der Waals surface area contributed by atoms with Crippen LogP contribution in [0.3, 0.4) is 0 Å². The van der Waals surface area contributed by atoms with E-state index in [-0.39, 0.29) is 5.82 Å². The first-order chi connectivity index (χ1) is 12.6. The van der Waals surface area contributed by atoms with Crippen molar-refractivity contribution in [1.82, 2.24) is 15.2 Å². The van der Waals surface area contributed by atoms with Crippen molar-refractivity contribution in [1.29, 1.82) is 0 Å². The van der Waals surface area contributed by atoms with Crippen LogP contribution in [-0.2, 0) is 6.42 Å². The Morgan fingerprint density at radius 2 is 1.81 bits per heavy atom. The number of aromatic nitrogens is 3. The molecule has 0 fully saturated rings. The van der Waals surface area contributed by atoms with Crippen molar-refractivity contribution in [3.05, 3.63) is 71.7 Å². The van der Waals surface area contributed by atoms with Gasteiger partial charge in [-0.2, -0.15) is 10.1 Å². The summed E-state index contributed by atoms with van der Waals surface area (Å²) < 4.78 is 12.9. The van der Waals surface area contributed by atoms with E-state index >= 15 is 0 Å². The van der Waals surface area contributed by atoms with Crippen molar-refractivity contribution in [2.24, 2.45) is 0 Å². The van der Waals surface area contributed by atoms with Crippen LogP contribution in [0.25, 0.3) is 0 Å². The molecule has 2 aromatic carbocycles. The molecular weight excluding hydrogens is 329 g/mol. The molecule has 1 heterocycles. The molecule has 0 amide bonds. The number of hydrogen-bond acceptors (Lipinski definition) is 5. The second-order valence-corrected chi connectivity index (χ2v) is 6.34. The Morgan fingerprint density at radius 1 is 1.04 bits per heavy atom. The molecule has 0 atom stereocenters. The Kier molecular flexibility index (Phi) is 5.73. The highest BCUT2D eigenvalue weighted by Crippen LogP contribution is 2.25. The quantitative estimate of drug-likeness (QED) is 0.655. The number of rotatable bonds is 7. The Hall–Kier alpha value is -3.02. The molecule has 5 nitrogen and oxygen atoms in total. The van der Waals surface area contributed by atoms with E-state index in [1.807, 2.05) is 18.2 Å². The van der Waals surface area contributed by atoms with Gasteiger partial charge in [-0.1, -0.05) is 44.2 Å². The summed E-state index contributed by atoms with van der Waals surface area (Å²) >= 11 is 0. The van der Waals surface area contributed by atoms with Gasteiger partial charge in [0.2, 0.25) is 5.95 Å². The van der Waals surface area contributed by atoms with E-state index in [2.05, 4.69) is 45.7 Å². The van der Waals surface area contributed by atoms with Crippen molar-refractivity contribution >= 4 is 17.5 Å². The van der Waals surface area contributed by atoms with Crippen LogP contribution in [0.4, 0.5) is 21.8 Å². The lowest BCUT2D eigenvalue weighted by Crippen LogP contribution is -2.09. The molecule has 0 spiro atoms. The van der Waals surface area contributed by atoms with E-state index in [1.165, 1.54) is 17.7 Å². The number of hydrogen-bond donors (Lipinski definition) is 2. The Labute approximate surface area is 152 Å². The topological polar surface area (TPSA) is 62.7 Å². The van der Waals surface area contributed by atoms with Crippen LogP contribution in [0.1, 0.15) is 30.9 Å². The summed E-state index contributed by atoms with van der Waals surface area (Å²) in [4.78, 5) is 4.46. The fourth-order valence-corrected chi connectivity index (χ4v) is 2.66. The van der Waals surface area contributed by atoms with Crippen molar-refractivity contribution < 1.29 is 4.39 Å². The van der Waals surface area contributed by atoms with Crippen LogP contribution in [-0.4, -0.2) is 21.7 Å². The summed E-state index contributed by atoms with van der Waals surface area (Å²) in [6, 6.07) is 14.6. The highest BCUT2D eigenvalue weighted by molar-refractivity contribution is 5.59. The van der Waals surface area contributed by atoms with Crippen LogP contribution in [0, 0.1) is 5.82 Å². The summed E-state index contributed by atoms with van der Waals surface area (Å²) in [5, 5.41) is 14.5. The van der Waals surface area contributed by atoms with E-state index < -0.39 is 0 Å². The molecule has 0 unspecified atom stereocenters. The van der Waals surface area contributed by atoms with Gasteiger partial charge < -0.3 is 10.6 Å². The maximum Gasteiger partial charge on any atom is 0.249 e. The summed E-state index contributed by atoms with van der Waals surface area (Å²) in [6.45, 7) is 4.96. The van der Waals surface area contributed by atoms with Gasteiger partial charge in [-0.3, -0.25) is 0 Å². The average Bonchev–Trinajstić information content (AvgIpc) is 2.64. The zero-order valence-electron chi connectivity index (χ0n) is 14.9. The van der Waals surface area contributed by atoms with Crippen molar-refractivity contribution in [2.75, 3.05) is 17.2 Å². The first-order valence-electron chi connectivity index (χ1n) is 8.66. The van der Waals surface area contributed by atoms with Crippen LogP contribution in [0.5, 0.6) is 0 Å². The molecule has 0 saturated carbocycles. The summed E-state index contributed by atoms with van der Waals surface area (Å²) in [6.07, 6.45) is 2.35. The van der Waals surface area contributed by atoms with E-state index in [0.29, 0.717) is 24.2 Å². The molecule has 3 rings (SSSR count). The third kappa shape index (κ3) is 4.75.